The maximum atomic E-state index is 10.6. The number of nitro benzene ring substituents is 1. The summed E-state index contributed by atoms with van der Waals surface area (Å²) in [6.45, 7) is 0. The van der Waals surface area contributed by atoms with Gasteiger partial charge in [-0.2, -0.15) is 0 Å². The zero-order valence-corrected chi connectivity index (χ0v) is 10.2. The van der Waals surface area contributed by atoms with Crippen LogP contribution in [0.2, 0.25) is 0 Å². The van der Waals surface area contributed by atoms with Crippen molar-refractivity contribution in [2.75, 3.05) is 0 Å². The molecule has 1 aromatic rings. The molecule has 2 saturated carbocycles. The molecular weight excluding hydrogens is 230 g/mol. The van der Waals surface area contributed by atoms with Crippen LogP contribution in [-0.4, -0.2) is 11.0 Å². The summed E-state index contributed by atoms with van der Waals surface area (Å²) in [5, 5.41) is 10.6. The number of non-ortho nitro benzene ring substituents is 1. The van der Waals surface area contributed by atoms with E-state index in [1.165, 1.54) is 37.8 Å². The molecule has 18 heavy (non-hydrogen) atoms. The van der Waals surface area contributed by atoms with E-state index in [-0.39, 0.29) is 10.6 Å². The van der Waals surface area contributed by atoms with E-state index < -0.39 is 0 Å². The smallest absolute Gasteiger partial charge is 0.269 e. The van der Waals surface area contributed by atoms with Crippen molar-refractivity contribution in [3.63, 3.8) is 0 Å². The number of benzene rings is 1. The van der Waals surface area contributed by atoms with Crippen molar-refractivity contribution in [3.05, 3.63) is 34.4 Å². The van der Waals surface area contributed by atoms with Crippen LogP contribution in [0.1, 0.15) is 32.1 Å². The first-order chi connectivity index (χ1) is 8.72. The number of fused-ring (bicyclic) bond motifs is 2. The van der Waals surface area contributed by atoms with Gasteiger partial charge >= 0.3 is 0 Å². The fourth-order valence-corrected chi connectivity index (χ4v) is 3.33. The summed E-state index contributed by atoms with van der Waals surface area (Å²) in [7, 11) is 0. The third-order valence-electron chi connectivity index (χ3n) is 4.30. The summed E-state index contributed by atoms with van der Waals surface area (Å²) < 4.78 is 6.00. The van der Waals surface area contributed by atoms with Crippen LogP contribution < -0.4 is 4.74 Å². The van der Waals surface area contributed by atoms with Crippen molar-refractivity contribution in [3.8, 4) is 5.75 Å². The van der Waals surface area contributed by atoms with Gasteiger partial charge in [0.05, 0.1) is 4.92 Å². The number of hydrogen-bond donors (Lipinski definition) is 0. The molecule has 2 aliphatic carbocycles. The molecule has 0 amide bonds. The fourth-order valence-electron chi connectivity index (χ4n) is 3.33. The normalized spacial score (nSPS) is 30.1. The zero-order valence-electron chi connectivity index (χ0n) is 10.2. The molecule has 0 aliphatic heterocycles. The molecule has 0 N–H and O–H groups in total. The van der Waals surface area contributed by atoms with E-state index in [4.69, 9.17) is 4.74 Å². The van der Waals surface area contributed by atoms with Crippen LogP contribution in [0.3, 0.4) is 0 Å². The van der Waals surface area contributed by atoms with Crippen LogP contribution in [0.4, 0.5) is 5.69 Å². The van der Waals surface area contributed by atoms with E-state index in [0.717, 1.165) is 18.1 Å². The predicted molar refractivity (Wildman–Crippen MR) is 67.6 cm³/mol. The lowest BCUT2D eigenvalue weighted by atomic mass is 9.87. The first kappa shape index (κ1) is 11.5. The van der Waals surface area contributed by atoms with E-state index in [0.29, 0.717) is 12.0 Å². The molecule has 0 saturated heterocycles. The Morgan fingerprint density at radius 2 is 1.83 bits per heavy atom. The molecule has 3 atom stereocenters. The van der Waals surface area contributed by atoms with Gasteiger partial charge in [-0.05, 0) is 49.7 Å². The lowest BCUT2D eigenvalue weighted by molar-refractivity contribution is -0.384. The van der Waals surface area contributed by atoms with Crippen molar-refractivity contribution in [2.45, 2.75) is 38.2 Å². The molecule has 0 aromatic heterocycles. The van der Waals surface area contributed by atoms with Crippen LogP contribution in [0, 0.1) is 22.0 Å². The number of rotatable bonds is 3. The third-order valence-corrected chi connectivity index (χ3v) is 4.30. The molecule has 2 fully saturated rings. The maximum absolute atomic E-state index is 10.6. The highest BCUT2D eigenvalue weighted by molar-refractivity contribution is 5.36. The van der Waals surface area contributed by atoms with Crippen LogP contribution >= 0.6 is 0 Å². The van der Waals surface area contributed by atoms with Crippen molar-refractivity contribution in [2.24, 2.45) is 11.8 Å². The highest BCUT2D eigenvalue weighted by Crippen LogP contribution is 2.43. The lowest BCUT2D eigenvalue weighted by Gasteiger charge is -2.29. The predicted octanol–water partition coefficient (Wildman–Crippen LogP) is 3.55. The average molecular weight is 247 g/mol. The van der Waals surface area contributed by atoms with Gasteiger partial charge in [0, 0.05) is 12.1 Å². The van der Waals surface area contributed by atoms with Crippen LogP contribution in [0.15, 0.2) is 24.3 Å². The quantitative estimate of drug-likeness (QED) is 0.606. The Morgan fingerprint density at radius 1 is 1.11 bits per heavy atom. The Labute approximate surface area is 106 Å². The van der Waals surface area contributed by atoms with Crippen molar-refractivity contribution in [1.29, 1.82) is 0 Å². The lowest BCUT2D eigenvalue weighted by Crippen LogP contribution is -2.28. The summed E-state index contributed by atoms with van der Waals surface area (Å²) in [5.74, 6) is 2.38. The van der Waals surface area contributed by atoms with E-state index in [1.807, 2.05) is 0 Å². The molecule has 3 rings (SSSR count). The number of nitro groups is 1. The summed E-state index contributed by atoms with van der Waals surface area (Å²) in [6, 6.07) is 6.43. The molecule has 4 heteroatoms. The number of ether oxygens (including phenoxy) is 1. The molecule has 0 unspecified atom stereocenters. The largest absolute Gasteiger partial charge is 0.490 e. The second-order valence-corrected chi connectivity index (χ2v) is 5.42. The summed E-state index contributed by atoms with van der Waals surface area (Å²) >= 11 is 0. The average Bonchev–Trinajstić information content (AvgIpc) is 2.76. The number of hydrogen-bond acceptors (Lipinski definition) is 3. The van der Waals surface area contributed by atoms with Crippen LogP contribution in [0.5, 0.6) is 5.75 Å². The third kappa shape index (κ3) is 2.19. The Kier molecular flexibility index (Phi) is 2.94. The minimum absolute atomic E-state index is 0.118. The Hall–Kier alpha value is -1.58. The molecular formula is C14H17NO3. The van der Waals surface area contributed by atoms with Gasteiger partial charge in [0.25, 0.3) is 5.69 Å². The SMILES string of the molecule is O=[N+]([O-])c1ccc(O[C@H]2CC[C@@H]3CC[C@H]2C3)cc1. The molecule has 96 valence electrons. The highest BCUT2D eigenvalue weighted by atomic mass is 16.6. The minimum atomic E-state index is -0.383. The standard InChI is InChI=1S/C14H17NO3/c16-15(17)12-4-6-13(7-5-12)18-14-8-2-10-1-3-11(14)9-10/h4-7,10-11,14H,1-3,8-9H2/t10-,11-,14-/m0/s1. The monoisotopic (exact) mass is 247 g/mol. The summed E-state index contributed by atoms with van der Waals surface area (Å²) in [5.41, 5.74) is 0.118. The van der Waals surface area contributed by atoms with E-state index in [1.54, 1.807) is 12.1 Å². The number of nitrogens with zero attached hydrogens (tertiary/aromatic N) is 1. The molecule has 0 radical (unpaired) electrons. The van der Waals surface area contributed by atoms with E-state index >= 15 is 0 Å². The minimum Gasteiger partial charge on any atom is -0.490 e. The van der Waals surface area contributed by atoms with Gasteiger partial charge in [-0.15, -0.1) is 0 Å². The summed E-state index contributed by atoms with van der Waals surface area (Å²) in [4.78, 5) is 10.2. The second kappa shape index (κ2) is 4.59. The van der Waals surface area contributed by atoms with Gasteiger partial charge in [0.15, 0.2) is 0 Å². The highest BCUT2D eigenvalue weighted by Gasteiger charge is 2.36. The molecule has 4 nitrogen and oxygen atoms in total. The Bertz CT molecular complexity index is 443. The van der Waals surface area contributed by atoms with Crippen molar-refractivity contribution < 1.29 is 9.66 Å². The van der Waals surface area contributed by atoms with Gasteiger partial charge in [-0.25, -0.2) is 0 Å². The molecule has 0 heterocycles. The van der Waals surface area contributed by atoms with Gasteiger partial charge < -0.3 is 4.74 Å². The zero-order chi connectivity index (χ0) is 12.5. The fraction of sp³-hybridized carbons (Fsp3) is 0.571. The molecule has 2 bridgehead atoms. The van der Waals surface area contributed by atoms with Gasteiger partial charge in [0.2, 0.25) is 0 Å². The van der Waals surface area contributed by atoms with Crippen LogP contribution in [-0.2, 0) is 0 Å². The Balaban J connectivity index is 1.67. The Morgan fingerprint density at radius 3 is 2.56 bits per heavy atom. The van der Waals surface area contributed by atoms with E-state index in [9.17, 15) is 10.1 Å². The second-order valence-electron chi connectivity index (χ2n) is 5.42. The first-order valence-electron chi connectivity index (χ1n) is 6.63. The van der Waals surface area contributed by atoms with Gasteiger partial charge in [-0.1, -0.05) is 6.42 Å². The topological polar surface area (TPSA) is 52.4 Å². The van der Waals surface area contributed by atoms with E-state index in [2.05, 4.69) is 0 Å². The van der Waals surface area contributed by atoms with Gasteiger partial charge in [-0.3, -0.25) is 10.1 Å². The molecule has 2 aliphatic rings. The van der Waals surface area contributed by atoms with Crippen molar-refractivity contribution >= 4 is 5.69 Å². The first-order valence-corrected chi connectivity index (χ1v) is 6.63. The van der Waals surface area contributed by atoms with Gasteiger partial charge in [0.1, 0.15) is 11.9 Å². The molecule has 1 aromatic carbocycles. The maximum Gasteiger partial charge on any atom is 0.269 e. The van der Waals surface area contributed by atoms with Crippen molar-refractivity contribution in [1.82, 2.24) is 0 Å². The molecule has 0 spiro atoms. The van der Waals surface area contributed by atoms with Crippen LogP contribution in [0.25, 0.3) is 0 Å². The summed E-state index contributed by atoms with van der Waals surface area (Å²) in [6.07, 6.45) is 6.65.